The first-order chi connectivity index (χ1) is 6.71. The second kappa shape index (κ2) is 6.90. The third-order valence-corrected chi connectivity index (χ3v) is 1.89. The van der Waals surface area contributed by atoms with E-state index in [2.05, 4.69) is 19.7 Å². The third-order valence-electron chi connectivity index (χ3n) is 1.89. The summed E-state index contributed by atoms with van der Waals surface area (Å²) in [4.78, 5) is 0. The van der Waals surface area contributed by atoms with Gasteiger partial charge in [0.25, 0.3) is 0 Å². The Hall–Kier alpha value is -1.56. The molecule has 0 N–H and O–H groups in total. The van der Waals surface area contributed by atoms with E-state index < -0.39 is 0 Å². The van der Waals surface area contributed by atoms with Crippen LogP contribution in [0.4, 0.5) is 0 Å². The largest absolute Gasteiger partial charge is 0.0990 e. The molecule has 0 aromatic heterocycles. The minimum absolute atomic E-state index is 1.07. The van der Waals surface area contributed by atoms with Crippen LogP contribution in [0.3, 0.4) is 0 Å². The van der Waals surface area contributed by atoms with Gasteiger partial charge in [0.1, 0.15) is 0 Å². The Morgan fingerprint density at radius 3 is 2.07 bits per heavy atom. The smallest absolute Gasteiger partial charge is 0.0158 e. The molecule has 0 nitrogen and oxygen atoms in total. The lowest BCUT2D eigenvalue weighted by Crippen LogP contribution is -1.86. The molecule has 0 atom stereocenters. The zero-order valence-electron chi connectivity index (χ0n) is 9.09. The van der Waals surface area contributed by atoms with E-state index in [0.717, 1.165) is 16.7 Å². The van der Waals surface area contributed by atoms with Crippen LogP contribution in [0.1, 0.15) is 13.8 Å². The SMILES string of the molecule is C=C/C=C(/C=C)C(/C=C\C)=C(C)C=C. The first kappa shape index (κ1) is 12.4. The lowest BCUT2D eigenvalue weighted by atomic mass is 9.99. The maximum absolute atomic E-state index is 3.78. The molecule has 0 spiro atoms. The number of allylic oxidation sites excluding steroid dienone is 9. The zero-order chi connectivity index (χ0) is 11.0. The highest BCUT2D eigenvalue weighted by atomic mass is 14.0. The van der Waals surface area contributed by atoms with Crippen molar-refractivity contribution >= 4 is 0 Å². The molecule has 0 aromatic rings. The molecule has 0 unspecified atom stereocenters. The second-order valence-corrected chi connectivity index (χ2v) is 2.86. The topological polar surface area (TPSA) is 0 Å². The summed E-state index contributed by atoms with van der Waals surface area (Å²) < 4.78 is 0. The van der Waals surface area contributed by atoms with Gasteiger partial charge in [0.15, 0.2) is 0 Å². The molecule has 0 saturated carbocycles. The van der Waals surface area contributed by atoms with Gasteiger partial charge in [-0.15, -0.1) is 0 Å². The van der Waals surface area contributed by atoms with E-state index in [1.807, 2.05) is 44.2 Å². The summed E-state index contributed by atoms with van der Waals surface area (Å²) in [5, 5.41) is 0. The monoisotopic (exact) mass is 186 g/mol. The van der Waals surface area contributed by atoms with Crippen LogP contribution in [0.25, 0.3) is 0 Å². The molecule has 14 heavy (non-hydrogen) atoms. The Morgan fingerprint density at radius 1 is 1.07 bits per heavy atom. The zero-order valence-corrected chi connectivity index (χ0v) is 9.09. The van der Waals surface area contributed by atoms with E-state index in [9.17, 15) is 0 Å². The molecule has 0 aliphatic rings. The van der Waals surface area contributed by atoms with Gasteiger partial charge in [-0.05, 0) is 30.6 Å². The standard InChI is InChI=1S/C14H18/c1-6-10-13(9-4)14(11-7-2)12(5)8-3/h6-11H,1,3-4H2,2,5H3/b11-7-,13-10-,14-12?. The van der Waals surface area contributed by atoms with Gasteiger partial charge in [0.05, 0.1) is 0 Å². The molecule has 0 aromatic carbocycles. The lowest BCUT2D eigenvalue weighted by Gasteiger charge is -2.05. The second-order valence-electron chi connectivity index (χ2n) is 2.86. The van der Waals surface area contributed by atoms with Gasteiger partial charge < -0.3 is 0 Å². The first-order valence-electron chi connectivity index (χ1n) is 4.62. The van der Waals surface area contributed by atoms with Crippen molar-refractivity contribution in [2.75, 3.05) is 0 Å². The van der Waals surface area contributed by atoms with Crippen LogP contribution in [0, 0.1) is 0 Å². The maximum Gasteiger partial charge on any atom is -0.0158 e. The van der Waals surface area contributed by atoms with Crippen molar-refractivity contribution in [2.24, 2.45) is 0 Å². The predicted molar refractivity (Wildman–Crippen MR) is 66.2 cm³/mol. The number of hydrogen-bond donors (Lipinski definition) is 0. The van der Waals surface area contributed by atoms with Crippen LogP contribution in [0.2, 0.25) is 0 Å². The Bertz CT molecular complexity index is 309. The predicted octanol–water partition coefficient (Wildman–Crippen LogP) is 4.36. The lowest BCUT2D eigenvalue weighted by molar-refractivity contribution is 1.40. The van der Waals surface area contributed by atoms with Crippen molar-refractivity contribution in [2.45, 2.75) is 13.8 Å². The van der Waals surface area contributed by atoms with Crippen LogP contribution in [-0.4, -0.2) is 0 Å². The van der Waals surface area contributed by atoms with Crippen LogP contribution < -0.4 is 0 Å². The Morgan fingerprint density at radius 2 is 1.71 bits per heavy atom. The number of rotatable bonds is 5. The minimum Gasteiger partial charge on any atom is -0.0990 e. The third kappa shape index (κ3) is 3.44. The first-order valence-corrected chi connectivity index (χ1v) is 4.62. The van der Waals surface area contributed by atoms with Crippen molar-refractivity contribution in [3.63, 3.8) is 0 Å². The summed E-state index contributed by atoms with van der Waals surface area (Å²) >= 11 is 0. The molecule has 0 bridgehead atoms. The average Bonchev–Trinajstić information content (AvgIpc) is 2.22. The van der Waals surface area contributed by atoms with Crippen molar-refractivity contribution in [1.82, 2.24) is 0 Å². The van der Waals surface area contributed by atoms with Crippen molar-refractivity contribution in [3.8, 4) is 0 Å². The fourth-order valence-electron chi connectivity index (χ4n) is 1.13. The Labute approximate surface area is 87.3 Å². The molecule has 74 valence electrons. The molecule has 0 aliphatic heterocycles. The Kier molecular flexibility index (Phi) is 6.13. The van der Waals surface area contributed by atoms with Crippen molar-refractivity contribution in [3.05, 3.63) is 72.9 Å². The summed E-state index contributed by atoms with van der Waals surface area (Å²) in [5.41, 5.74) is 3.34. The van der Waals surface area contributed by atoms with Gasteiger partial charge in [-0.3, -0.25) is 0 Å². The van der Waals surface area contributed by atoms with Crippen LogP contribution in [0.15, 0.2) is 72.9 Å². The van der Waals surface area contributed by atoms with Crippen LogP contribution >= 0.6 is 0 Å². The molecule has 0 radical (unpaired) electrons. The van der Waals surface area contributed by atoms with Gasteiger partial charge >= 0.3 is 0 Å². The normalized spacial score (nSPS) is 13.7. The van der Waals surface area contributed by atoms with E-state index >= 15 is 0 Å². The summed E-state index contributed by atoms with van der Waals surface area (Å²) in [5.74, 6) is 0. The van der Waals surface area contributed by atoms with Gasteiger partial charge in [-0.2, -0.15) is 0 Å². The molecule has 0 heteroatoms. The average molecular weight is 186 g/mol. The van der Waals surface area contributed by atoms with Gasteiger partial charge in [0, 0.05) is 0 Å². The molecule has 0 rings (SSSR count). The highest BCUT2D eigenvalue weighted by Gasteiger charge is 1.99. The molecular formula is C14H18. The van der Waals surface area contributed by atoms with Gasteiger partial charge in [-0.25, -0.2) is 0 Å². The maximum atomic E-state index is 3.78. The van der Waals surface area contributed by atoms with Crippen molar-refractivity contribution < 1.29 is 0 Å². The van der Waals surface area contributed by atoms with E-state index in [1.54, 1.807) is 6.08 Å². The van der Waals surface area contributed by atoms with E-state index in [4.69, 9.17) is 0 Å². The van der Waals surface area contributed by atoms with Crippen LogP contribution in [0.5, 0.6) is 0 Å². The summed E-state index contributed by atoms with van der Waals surface area (Å²) in [6, 6.07) is 0. The van der Waals surface area contributed by atoms with Gasteiger partial charge in [0.2, 0.25) is 0 Å². The molecule has 0 fully saturated rings. The Balaban J connectivity index is 5.40. The fraction of sp³-hybridized carbons (Fsp3) is 0.143. The van der Waals surface area contributed by atoms with E-state index in [-0.39, 0.29) is 0 Å². The van der Waals surface area contributed by atoms with E-state index in [0.29, 0.717) is 0 Å². The minimum atomic E-state index is 1.07. The van der Waals surface area contributed by atoms with Crippen LogP contribution in [-0.2, 0) is 0 Å². The fourth-order valence-corrected chi connectivity index (χ4v) is 1.13. The quantitative estimate of drug-likeness (QED) is 0.559. The van der Waals surface area contributed by atoms with Crippen molar-refractivity contribution in [1.29, 1.82) is 0 Å². The highest BCUT2D eigenvalue weighted by molar-refractivity contribution is 5.51. The molecule has 0 amide bonds. The molecular weight excluding hydrogens is 168 g/mol. The summed E-state index contributed by atoms with van der Waals surface area (Å²) in [6.07, 6.45) is 11.4. The number of hydrogen-bond acceptors (Lipinski definition) is 0. The summed E-state index contributed by atoms with van der Waals surface area (Å²) in [6.45, 7) is 15.2. The van der Waals surface area contributed by atoms with Gasteiger partial charge in [-0.1, -0.05) is 56.2 Å². The van der Waals surface area contributed by atoms with E-state index in [1.165, 1.54) is 0 Å². The molecule has 0 saturated heterocycles. The highest BCUT2D eigenvalue weighted by Crippen LogP contribution is 2.18. The molecule has 0 aliphatic carbocycles. The molecule has 0 heterocycles. The summed E-state index contributed by atoms with van der Waals surface area (Å²) in [7, 11) is 0.